The van der Waals surface area contributed by atoms with Crippen molar-refractivity contribution in [2.24, 2.45) is 0 Å². The Bertz CT molecular complexity index is 416. The Labute approximate surface area is 103 Å². The summed E-state index contributed by atoms with van der Waals surface area (Å²) in [5.41, 5.74) is 0.205. The van der Waals surface area contributed by atoms with E-state index in [9.17, 15) is 4.79 Å². The van der Waals surface area contributed by atoms with Gasteiger partial charge in [0.2, 0.25) is 0 Å². The number of rotatable bonds is 2. The third kappa shape index (κ3) is 2.91. The number of aliphatic hydroxyl groups excluding tert-OH is 1. The fraction of sp³-hybridized carbons (Fsp3) is 0.500. The predicted molar refractivity (Wildman–Crippen MR) is 59.8 cm³/mol. The summed E-state index contributed by atoms with van der Waals surface area (Å²) in [6.45, 7) is 1.13. The lowest BCUT2D eigenvalue weighted by Crippen LogP contribution is -2.47. The van der Waals surface area contributed by atoms with Crippen molar-refractivity contribution in [2.75, 3.05) is 26.3 Å². The van der Waals surface area contributed by atoms with E-state index in [-0.39, 0.29) is 29.5 Å². The molecule has 7 heteroatoms. The minimum atomic E-state index is -0.333. The lowest BCUT2D eigenvalue weighted by Gasteiger charge is -2.31. The summed E-state index contributed by atoms with van der Waals surface area (Å²) in [5, 5.41) is 9.18. The van der Waals surface area contributed by atoms with E-state index in [4.69, 9.17) is 21.4 Å². The van der Waals surface area contributed by atoms with Crippen molar-refractivity contribution in [2.45, 2.75) is 6.10 Å². The second-order valence-electron chi connectivity index (χ2n) is 3.65. The summed E-state index contributed by atoms with van der Waals surface area (Å²) in [6.07, 6.45) is 2.41. The van der Waals surface area contributed by atoms with Gasteiger partial charge in [-0.3, -0.25) is 9.78 Å². The predicted octanol–water partition coefficient (Wildman–Crippen LogP) is -0.0367. The molecule has 0 aromatic carbocycles. The molecule has 1 N–H and O–H groups in total. The van der Waals surface area contributed by atoms with Gasteiger partial charge in [0.25, 0.3) is 5.91 Å². The van der Waals surface area contributed by atoms with E-state index >= 15 is 0 Å². The van der Waals surface area contributed by atoms with Crippen LogP contribution in [0.5, 0.6) is 0 Å². The molecule has 0 bridgehead atoms. The van der Waals surface area contributed by atoms with Crippen molar-refractivity contribution in [1.82, 2.24) is 14.9 Å². The van der Waals surface area contributed by atoms with Crippen LogP contribution in [0.4, 0.5) is 0 Å². The van der Waals surface area contributed by atoms with Gasteiger partial charge in [0.15, 0.2) is 0 Å². The van der Waals surface area contributed by atoms with E-state index in [1.165, 1.54) is 12.4 Å². The molecular weight excluding hydrogens is 246 g/mol. The van der Waals surface area contributed by atoms with Crippen LogP contribution >= 0.6 is 11.6 Å². The number of halogens is 1. The molecule has 1 aliphatic rings. The number of aliphatic hydroxyl groups is 1. The SMILES string of the molecule is O=C(c1cncc(Cl)n1)N1CCOC(CO)C1. The average molecular weight is 258 g/mol. The van der Waals surface area contributed by atoms with Gasteiger partial charge in [0.1, 0.15) is 10.8 Å². The van der Waals surface area contributed by atoms with Gasteiger partial charge >= 0.3 is 0 Å². The van der Waals surface area contributed by atoms with E-state index in [2.05, 4.69) is 9.97 Å². The molecule has 1 fully saturated rings. The highest BCUT2D eigenvalue weighted by atomic mass is 35.5. The van der Waals surface area contributed by atoms with Crippen LogP contribution < -0.4 is 0 Å². The Morgan fingerprint density at radius 1 is 1.65 bits per heavy atom. The molecule has 1 amide bonds. The zero-order valence-corrected chi connectivity index (χ0v) is 9.80. The van der Waals surface area contributed by atoms with Crippen LogP contribution in [0.3, 0.4) is 0 Å². The van der Waals surface area contributed by atoms with E-state index in [1.54, 1.807) is 4.90 Å². The van der Waals surface area contributed by atoms with Gasteiger partial charge in [0.05, 0.1) is 31.7 Å². The van der Waals surface area contributed by atoms with Crippen molar-refractivity contribution in [1.29, 1.82) is 0 Å². The summed E-state index contributed by atoms with van der Waals surface area (Å²) >= 11 is 5.67. The van der Waals surface area contributed by atoms with Gasteiger partial charge in [-0.1, -0.05) is 11.6 Å². The van der Waals surface area contributed by atoms with Crippen molar-refractivity contribution in [3.63, 3.8) is 0 Å². The van der Waals surface area contributed by atoms with Crippen molar-refractivity contribution in [3.05, 3.63) is 23.2 Å². The molecule has 1 saturated heterocycles. The molecule has 1 aromatic rings. The van der Waals surface area contributed by atoms with Crippen LogP contribution in [0.25, 0.3) is 0 Å². The third-order valence-electron chi connectivity index (χ3n) is 2.45. The molecule has 1 aromatic heterocycles. The molecule has 1 aliphatic heterocycles. The maximum atomic E-state index is 12.0. The van der Waals surface area contributed by atoms with Crippen molar-refractivity contribution >= 4 is 17.5 Å². The summed E-state index contributed by atoms with van der Waals surface area (Å²) in [7, 11) is 0. The van der Waals surface area contributed by atoms with Crippen LogP contribution in [0.15, 0.2) is 12.4 Å². The molecule has 1 unspecified atom stereocenters. The highest BCUT2D eigenvalue weighted by molar-refractivity contribution is 6.29. The van der Waals surface area contributed by atoms with Gasteiger partial charge in [-0.25, -0.2) is 4.98 Å². The first-order valence-electron chi connectivity index (χ1n) is 5.20. The van der Waals surface area contributed by atoms with Gasteiger partial charge < -0.3 is 14.7 Å². The Morgan fingerprint density at radius 3 is 3.18 bits per heavy atom. The van der Waals surface area contributed by atoms with E-state index in [0.717, 1.165) is 0 Å². The van der Waals surface area contributed by atoms with Crippen LogP contribution in [0, 0.1) is 0 Å². The van der Waals surface area contributed by atoms with E-state index < -0.39 is 0 Å². The topological polar surface area (TPSA) is 75.6 Å². The number of morpholine rings is 1. The Hall–Kier alpha value is -1.24. The Morgan fingerprint density at radius 2 is 2.47 bits per heavy atom. The number of ether oxygens (including phenoxy) is 1. The molecule has 0 spiro atoms. The van der Waals surface area contributed by atoms with Crippen LogP contribution in [-0.4, -0.2) is 58.3 Å². The minimum absolute atomic E-state index is 0.106. The molecule has 17 heavy (non-hydrogen) atoms. The average Bonchev–Trinajstić information content (AvgIpc) is 2.38. The number of carbonyl (C=O) groups is 1. The number of hydrogen-bond acceptors (Lipinski definition) is 5. The molecule has 1 atom stereocenters. The number of hydrogen-bond donors (Lipinski definition) is 1. The fourth-order valence-corrected chi connectivity index (χ4v) is 1.77. The van der Waals surface area contributed by atoms with Crippen LogP contribution in [0.1, 0.15) is 10.5 Å². The highest BCUT2D eigenvalue weighted by Gasteiger charge is 2.25. The molecule has 2 rings (SSSR count). The summed E-state index contributed by atoms with van der Waals surface area (Å²) in [5.74, 6) is -0.248. The first-order valence-corrected chi connectivity index (χ1v) is 5.58. The van der Waals surface area contributed by atoms with Crippen LogP contribution in [0.2, 0.25) is 5.15 Å². The van der Waals surface area contributed by atoms with Gasteiger partial charge in [0, 0.05) is 13.1 Å². The quantitative estimate of drug-likeness (QED) is 0.805. The van der Waals surface area contributed by atoms with Crippen LogP contribution in [-0.2, 0) is 4.74 Å². The summed E-state index contributed by atoms with van der Waals surface area (Å²) in [4.78, 5) is 21.3. The second-order valence-corrected chi connectivity index (χ2v) is 4.04. The molecule has 0 saturated carbocycles. The maximum absolute atomic E-state index is 12.0. The molecule has 0 aliphatic carbocycles. The normalized spacial score (nSPS) is 20.4. The summed E-state index contributed by atoms with van der Waals surface area (Å²) < 4.78 is 5.26. The first-order chi connectivity index (χ1) is 8.20. The largest absolute Gasteiger partial charge is 0.394 e. The molecule has 2 heterocycles. The fourth-order valence-electron chi connectivity index (χ4n) is 1.62. The highest BCUT2D eigenvalue weighted by Crippen LogP contribution is 2.10. The van der Waals surface area contributed by atoms with Gasteiger partial charge in [-0.05, 0) is 0 Å². The number of amides is 1. The number of aromatic nitrogens is 2. The first kappa shape index (κ1) is 12.2. The molecule has 92 valence electrons. The standard InChI is InChI=1S/C10H12ClN3O3/c11-9-4-12-3-8(13-9)10(16)14-1-2-17-7(5-14)6-15/h3-4,7,15H,1-2,5-6H2. The zero-order chi connectivity index (χ0) is 12.3. The molecule has 6 nitrogen and oxygen atoms in total. The lowest BCUT2D eigenvalue weighted by atomic mass is 10.2. The van der Waals surface area contributed by atoms with Crippen molar-refractivity contribution < 1.29 is 14.6 Å². The minimum Gasteiger partial charge on any atom is -0.394 e. The Kier molecular flexibility index (Phi) is 3.88. The molecule has 0 radical (unpaired) electrons. The monoisotopic (exact) mass is 257 g/mol. The zero-order valence-electron chi connectivity index (χ0n) is 9.04. The van der Waals surface area contributed by atoms with Gasteiger partial charge in [-0.15, -0.1) is 0 Å². The van der Waals surface area contributed by atoms with Crippen molar-refractivity contribution in [3.8, 4) is 0 Å². The Balaban J connectivity index is 2.09. The summed E-state index contributed by atoms with van der Waals surface area (Å²) in [6, 6.07) is 0. The van der Waals surface area contributed by atoms with E-state index in [0.29, 0.717) is 19.7 Å². The van der Waals surface area contributed by atoms with E-state index in [1.807, 2.05) is 0 Å². The number of nitrogens with zero attached hydrogens (tertiary/aromatic N) is 3. The third-order valence-corrected chi connectivity index (χ3v) is 2.64. The lowest BCUT2D eigenvalue weighted by molar-refractivity contribution is -0.0448. The molecular formula is C10H12ClN3O3. The smallest absolute Gasteiger partial charge is 0.274 e. The number of carbonyl (C=O) groups excluding carboxylic acids is 1. The maximum Gasteiger partial charge on any atom is 0.274 e. The second kappa shape index (κ2) is 5.39. The van der Waals surface area contributed by atoms with Gasteiger partial charge in [-0.2, -0.15) is 0 Å².